The molecule has 0 unspecified atom stereocenters. The lowest BCUT2D eigenvalue weighted by atomic mass is 10.5. The number of hydrogen-bond donors (Lipinski definition) is 2. The molecular formula is C7H12N2O. The van der Waals surface area contributed by atoms with Crippen molar-refractivity contribution in [1.29, 1.82) is 0 Å². The number of anilines is 1. The first-order chi connectivity index (χ1) is 4.84. The molecule has 0 aliphatic carbocycles. The van der Waals surface area contributed by atoms with Gasteiger partial charge in [0.05, 0.1) is 6.61 Å². The lowest BCUT2D eigenvalue weighted by molar-refractivity contribution is 0.304. The molecule has 1 rings (SSSR count). The molecule has 0 amide bonds. The Labute approximate surface area is 60.3 Å². The summed E-state index contributed by atoms with van der Waals surface area (Å²) >= 11 is 0. The highest BCUT2D eigenvalue weighted by atomic mass is 16.3. The van der Waals surface area contributed by atoms with Crippen molar-refractivity contribution in [3.05, 3.63) is 18.3 Å². The van der Waals surface area contributed by atoms with Gasteiger partial charge in [0, 0.05) is 19.8 Å². The summed E-state index contributed by atoms with van der Waals surface area (Å²) in [6.07, 6.45) is 1.86. The molecule has 0 radical (unpaired) electrons. The molecular weight excluding hydrogens is 128 g/mol. The van der Waals surface area contributed by atoms with E-state index in [1.807, 2.05) is 30.3 Å². The van der Waals surface area contributed by atoms with Gasteiger partial charge in [-0.15, -0.1) is 0 Å². The maximum atomic E-state index is 8.58. The molecule has 0 saturated carbocycles. The van der Waals surface area contributed by atoms with Gasteiger partial charge in [0.25, 0.3) is 0 Å². The van der Waals surface area contributed by atoms with Crippen molar-refractivity contribution in [3.63, 3.8) is 0 Å². The van der Waals surface area contributed by atoms with E-state index in [1.54, 1.807) is 0 Å². The van der Waals surface area contributed by atoms with E-state index in [9.17, 15) is 0 Å². The van der Waals surface area contributed by atoms with Crippen molar-refractivity contribution < 1.29 is 5.11 Å². The monoisotopic (exact) mass is 140 g/mol. The summed E-state index contributed by atoms with van der Waals surface area (Å²) in [6.45, 7) is 0.857. The molecule has 0 saturated heterocycles. The molecule has 1 heterocycles. The van der Waals surface area contributed by atoms with E-state index in [4.69, 9.17) is 5.11 Å². The van der Waals surface area contributed by atoms with Crippen molar-refractivity contribution in [3.8, 4) is 0 Å². The fourth-order valence-corrected chi connectivity index (χ4v) is 0.829. The minimum absolute atomic E-state index is 0.190. The fraction of sp³-hybridized carbons (Fsp3) is 0.429. The van der Waals surface area contributed by atoms with Crippen molar-refractivity contribution in [2.24, 2.45) is 0 Å². The molecule has 2 N–H and O–H groups in total. The van der Waals surface area contributed by atoms with Gasteiger partial charge in [-0.3, -0.25) is 0 Å². The van der Waals surface area contributed by atoms with Crippen LogP contribution >= 0.6 is 0 Å². The quantitative estimate of drug-likeness (QED) is 0.639. The number of aliphatic hydroxyl groups is 1. The molecule has 0 spiro atoms. The first-order valence-corrected chi connectivity index (χ1v) is 3.30. The third-order valence-corrected chi connectivity index (χ3v) is 1.43. The second kappa shape index (κ2) is 3.27. The number of H-pyrrole nitrogens is 1. The predicted octanol–water partition coefficient (Wildman–Crippen LogP) is 0.443. The summed E-state index contributed by atoms with van der Waals surface area (Å²) in [5.74, 6) is 1.04. The number of aliphatic hydroxyl groups excluding tert-OH is 1. The van der Waals surface area contributed by atoms with Crippen molar-refractivity contribution >= 4 is 5.82 Å². The van der Waals surface area contributed by atoms with Crippen LogP contribution in [0.2, 0.25) is 0 Å². The maximum Gasteiger partial charge on any atom is 0.105 e. The number of nitrogens with one attached hydrogen (secondary N) is 1. The molecule has 0 fully saturated rings. The molecule has 0 aliphatic heterocycles. The topological polar surface area (TPSA) is 39.3 Å². The number of hydrogen-bond acceptors (Lipinski definition) is 2. The van der Waals surface area contributed by atoms with E-state index in [1.165, 1.54) is 0 Å². The molecule has 10 heavy (non-hydrogen) atoms. The standard InChI is InChI=1S/C7H12N2O/c1-9(5-6-10)7-3-2-4-8-7/h2-4,8,10H,5-6H2,1H3. The number of nitrogens with zero attached hydrogens (tertiary/aromatic N) is 1. The number of aromatic amines is 1. The molecule has 0 aromatic carbocycles. The summed E-state index contributed by atoms with van der Waals surface area (Å²) < 4.78 is 0. The van der Waals surface area contributed by atoms with Crippen LogP contribution in [0.4, 0.5) is 5.82 Å². The molecule has 0 aliphatic rings. The number of aromatic nitrogens is 1. The Morgan fingerprint density at radius 1 is 1.70 bits per heavy atom. The molecule has 1 aromatic rings. The Morgan fingerprint density at radius 3 is 3.00 bits per heavy atom. The largest absolute Gasteiger partial charge is 0.395 e. The average molecular weight is 140 g/mol. The van der Waals surface area contributed by atoms with Gasteiger partial charge in [-0.1, -0.05) is 0 Å². The second-order valence-corrected chi connectivity index (χ2v) is 2.20. The van der Waals surface area contributed by atoms with E-state index >= 15 is 0 Å². The average Bonchev–Trinajstić information content (AvgIpc) is 2.38. The molecule has 1 aromatic heterocycles. The minimum atomic E-state index is 0.190. The Morgan fingerprint density at radius 2 is 2.50 bits per heavy atom. The van der Waals surface area contributed by atoms with Crippen LogP contribution in [0.3, 0.4) is 0 Å². The Hall–Kier alpha value is -0.960. The van der Waals surface area contributed by atoms with Gasteiger partial charge in [0.1, 0.15) is 5.82 Å². The van der Waals surface area contributed by atoms with Gasteiger partial charge in [-0.25, -0.2) is 0 Å². The summed E-state index contributed by atoms with van der Waals surface area (Å²) in [5.41, 5.74) is 0. The van der Waals surface area contributed by atoms with Crippen molar-refractivity contribution in [1.82, 2.24) is 4.98 Å². The first kappa shape index (κ1) is 7.15. The molecule has 0 bridgehead atoms. The summed E-state index contributed by atoms with van der Waals surface area (Å²) in [7, 11) is 1.93. The highest BCUT2D eigenvalue weighted by Gasteiger charge is 1.97. The SMILES string of the molecule is CN(CCO)c1ccc[nH]1. The van der Waals surface area contributed by atoms with E-state index in [2.05, 4.69) is 4.98 Å². The highest BCUT2D eigenvalue weighted by molar-refractivity contribution is 5.36. The predicted molar refractivity (Wildman–Crippen MR) is 41.1 cm³/mol. The Balaban J connectivity index is 2.50. The summed E-state index contributed by atoms with van der Waals surface area (Å²) in [5, 5.41) is 8.58. The Bertz CT molecular complexity index is 172. The van der Waals surface area contributed by atoms with E-state index in [-0.39, 0.29) is 6.61 Å². The number of rotatable bonds is 3. The third kappa shape index (κ3) is 1.51. The zero-order valence-corrected chi connectivity index (χ0v) is 6.04. The normalized spacial score (nSPS) is 9.80. The van der Waals surface area contributed by atoms with Gasteiger partial charge in [0.2, 0.25) is 0 Å². The minimum Gasteiger partial charge on any atom is -0.395 e. The molecule has 3 nitrogen and oxygen atoms in total. The maximum absolute atomic E-state index is 8.58. The zero-order chi connectivity index (χ0) is 7.40. The van der Waals surface area contributed by atoms with Crippen LogP contribution in [0.5, 0.6) is 0 Å². The smallest absolute Gasteiger partial charge is 0.105 e. The Kier molecular flexibility index (Phi) is 2.34. The molecule has 3 heteroatoms. The van der Waals surface area contributed by atoms with E-state index < -0.39 is 0 Å². The van der Waals surface area contributed by atoms with Gasteiger partial charge in [-0.05, 0) is 12.1 Å². The molecule has 0 atom stereocenters. The van der Waals surface area contributed by atoms with Crippen LogP contribution < -0.4 is 4.90 Å². The lowest BCUT2D eigenvalue weighted by Crippen LogP contribution is -2.21. The lowest BCUT2D eigenvalue weighted by Gasteiger charge is -2.14. The van der Waals surface area contributed by atoms with Crippen molar-refractivity contribution in [2.75, 3.05) is 25.1 Å². The van der Waals surface area contributed by atoms with Crippen LogP contribution in [-0.4, -0.2) is 30.3 Å². The third-order valence-electron chi connectivity index (χ3n) is 1.43. The summed E-state index contributed by atoms with van der Waals surface area (Å²) in [6, 6.07) is 3.90. The van der Waals surface area contributed by atoms with Crippen LogP contribution in [0.25, 0.3) is 0 Å². The van der Waals surface area contributed by atoms with Crippen LogP contribution in [-0.2, 0) is 0 Å². The second-order valence-electron chi connectivity index (χ2n) is 2.20. The first-order valence-electron chi connectivity index (χ1n) is 3.30. The number of likely N-dealkylation sites (N-methyl/N-ethyl adjacent to an activating group) is 1. The van der Waals surface area contributed by atoms with Gasteiger partial charge in [-0.2, -0.15) is 0 Å². The van der Waals surface area contributed by atoms with Gasteiger partial charge < -0.3 is 15.0 Å². The van der Waals surface area contributed by atoms with Crippen LogP contribution in [0, 0.1) is 0 Å². The highest BCUT2D eigenvalue weighted by Crippen LogP contribution is 2.05. The van der Waals surface area contributed by atoms with Crippen molar-refractivity contribution in [2.45, 2.75) is 0 Å². The van der Waals surface area contributed by atoms with Gasteiger partial charge in [0.15, 0.2) is 0 Å². The zero-order valence-electron chi connectivity index (χ0n) is 6.04. The van der Waals surface area contributed by atoms with Gasteiger partial charge >= 0.3 is 0 Å². The fourth-order valence-electron chi connectivity index (χ4n) is 0.829. The summed E-state index contributed by atoms with van der Waals surface area (Å²) in [4.78, 5) is 4.99. The van der Waals surface area contributed by atoms with Crippen LogP contribution in [0.1, 0.15) is 0 Å². The van der Waals surface area contributed by atoms with E-state index in [0.717, 1.165) is 5.82 Å². The van der Waals surface area contributed by atoms with Crippen LogP contribution in [0.15, 0.2) is 18.3 Å². The molecule has 56 valence electrons. The van der Waals surface area contributed by atoms with E-state index in [0.29, 0.717) is 6.54 Å².